The lowest BCUT2D eigenvalue weighted by Gasteiger charge is -2.50. The Hall–Kier alpha value is -0.566. The molecule has 0 amide bonds. The highest BCUT2D eigenvalue weighted by Gasteiger charge is 2.49. The molecular formula is C27H47BrO3Si2. The Morgan fingerprint density at radius 2 is 1.67 bits per heavy atom. The van der Waals surface area contributed by atoms with Gasteiger partial charge in [0, 0.05) is 14.0 Å². The summed E-state index contributed by atoms with van der Waals surface area (Å²) in [5.74, 6) is 1.82. The molecule has 0 saturated carbocycles. The molecule has 1 N–H and O–H groups in total. The van der Waals surface area contributed by atoms with Crippen LogP contribution in [0.3, 0.4) is 0 Å². The largest absolute Gasteiger partial charge is 0.543 e. The molecule has 0 radical (unpaired) electrons. The lowest BCUT2D eigenvalue weighted by atomic mass is 9.61. The molecule has 1 aliphatic rings. The maximum Gasteiger partial charge on any atom is 0.250 e. The minimum absolute atomic E-state index is 0.0260. The lowest BCUT2D eigenvalue weighted by Crippen LogP contribution is -2.51. The summed E-state index contributed by atoms with van der Waals surface area (Å²) in [5, 5.41) is 12.2. The first-order chi connectivity index (χ1) is 14.7. The van der Waals surface area contributed by atoms with Gasteiger partial charge in [-0.2, -0.15) is 0 Å². The van der Waals surface area contributed by atoms with Gasteiger partial charge in [-0.1, -0.05) is 65.9 Å². The predicted octanol–water partition coefficient (Wildman–Crippen LogP) is 8.45. The van der Waals surface area contributed by atoms with Crippen LogP contribution in [0.15, 0.2) is 28.3 Å². The first-order valence-corrected chi connectivity index (χ1v) is 19.6. The van der Waals surface area contributed by atoms with Gasteiger partial charge in [0.15, 0.2) is 0 Å². The second kappa shape index (κ2) is 9.47. The van der Waals surface area contributed by atoms with Crippen LogP contribution in [-0.4, -0.2) is 34.2 Å². The molecule has 2 rings (SSSR count). The van der Waals surface area contributed by atoms with Gasteiger partial charge in [0.05, 0.1) is 17.2 Å². The van der Waals surface area contributed by atoms with Gasteiger partial charge in [0.1, 0.15) is 11.5 Å². The highest BCUT2D eigenvalue weighted by molar-refractivity contribution is 9.10. The fraction of sp³-hybridized carbons (Fsp3) is 0.704. The fourth-order valence-corrected chi connectivity index (χ4v) is 8.79. The minimum Gasteiger partial charge on any atom is -0.543 e. The number of allylic oxidation sites excluding steroid dienone is 1. The summed E-state index contributed by atoms with van der Waals surface area (Å²) in [4.78, 5) is 0. The van der Waals surface area contributed by atoms with E-state index in [-0.39, 0.29) is 16.4 Å². The second-order valence-electron chi connectivity index (χ2n) is 13.6. The molecule has 0 fully saturated rings. The first-order valence-electron chi connectivity index (χ1n) is 12.2. The van der Waals surface area contributed by atoms with Crippen molar-refractivity contribution in [3.63, 3.8) is 0 Å². The van der Waals surface area contributed by atoms with E-state index < -0.39 is 22.0 Å². The topological polar surface area (TPSA) is 38.7 Å². The van der Waals surface area contributed by atoms with Crippen molar-refractivity contribution in [1.82, 2.24) is 0 Å². The number of hydrogen-bond acceptors (Lipinski definition) is 3. The van der Waals surface area contributed by atoms with Crippen LogP contribution in [0.4, 0.5) is 0 Å². The molecule has 0 aliphatic heterocycles. The summed E-state index contributed by atoms with van der Waals surface area (Å²) in [6.45, 7) is 25.2. The van der Waals surface area contributed by atoms with Crippen LogP contribution < -0.4 is 9.16 Å². The van der Waals surface area contributed by atoms with E-state index >= 15 is 0 Å². The Bertz CT molecular complexity index is 894. The van der Waals surface area contributed by atoms with Gasteiger partial charge in [0.2, 0.25) is 8.32 Å². The second-order valence-corrected chi connectivity index (χ2v) is 24.7. The van der Waals surface area contributed by atoms with Crippen molar-refractivity contribution in [3.05, 3.63) is 33.8 Å². The van der Waals surface area contributed by atoms with Crippen LogP contribution in [0, 0.1) is 11.3 Å². The first kappa shape index (κ1) is 28.7. The van der Waals surface area contributed by atoms with E-state index in [9.17, 15) is 5.11 Å². The Balaban J connectivity index is 2.62. The van der Waals surface area contributed by atoms with Crippen LogP contribution in [0.5, 0.6) is 11.5 Å². The van der Waals surface area contributed by atoms with E-state index in [1.165, 1.54) is 5.57 Å². The van der Waals surface area contributed by atoms with Crippen molar-refractivity contribution in [2.75, 3.05) is 7.11 Å². The summed E-state index contributed by atoms with van der Waals surface area (Å²) < 4.78 is 13.4. The molecule has 1 aliphatic carbocycles. The number of ether oxygens (including phenoxy) is 1. The van der Waals surface area contributed by atoms with Crippen LogP contribution in [0.25, 0.3) is 0 Å². The normalized spacial score (nSPS) is 23.8. The van der Waals surface area contributed by atoms with Crippen LogP contribution >= 0.6 is 15.9 Å². The summed E-state index contributed by atoms with van der Waals surface area (Å²) in [5.41, 5.74) is 1.58. The Morgan fingerprint density at radius 3 is 2.15 bits per heavy atom. The average Bonchev–Trinajstić information content (AvgIpc) is 2.55. The Morgan fingerprint density at radius 1 is 1.09 bits per heavy atom. The molecule has 0 heterocycles. The molecule has 0 aromatic heterocycles. The third-order valence-electron chi connectivity index (χ3n) is 7.52. The number of rotatable bonds is 7. The molecule has 0 bridgehead atoms. The van der Waals surface area contributed by atoms with Crippen LogP contribution in [-0.2, 0) is 6.42 Å². The van der Waals surface area contributed by atoms with Gasteiger partial charge in [-0.05, 0) is 83.0 Å². The van der Waals surface area contributed by atoms with Crippen molar-refractivity contribution in [1.29, 1.82) is 0 Å². The molecule has 33 heavy (non-hydrogen) atoms. The summed E-state index contributed by atoms with van der Waals surface area (Å²) in [6, 6.07) is 5.05. The lowest BCUT2D eigenvalue weighted by molar-refractivity contribution is -0.0266. The molecular weight excluding hydrogens is 508 g/mol. The molecule has 2 unspecified atom stereocenters. The smallest absolute Gasteiger partial charge is 0.250 e. The fourth-order valence-electron chi connectivity index (χ4n) is 5.21. The average molecular weight is 556 g/mol. The number of aliphatic hydroxyl groups is 1. The van der Waals surface area contributed by atoms with E-state index in [1.807, 2.05) is 0 Å². The van der Waals surface area contributed by atoms with Gasteiger partial charge < -0.3 is 14.3 Å². The SMILES string of the molecule is COc1cc(CC2C(C)(C)CC(C)=CC2(O)C[Si](C)(C)C)c(O[Si](C)(C)C(C)(C)C)cc1Br. The van der Waals surface area contributed by atoms with Crippen molar-refractivity contribution in [2.45, 2.75) is 104 Å². The van der Waals surface area contributed by atoms with Crippen LogP contribution in [0.1, 0.15) is 53.5 Å². The number of halogens is 1. The maximum absolute atomic E-state index is 12.2. The van der Waals surface area contributed by atoms with E-state index in [0.29, 0.717) is 0 Å². The van der Waals surface area contributed by atoms with E-state index in [4.69, 9.17) is 9.16 Å². The highest BCUT2D eigenvalue weighted by atomic mass is 79.9. The summed E-state index contributed by atoms with van der Waals surface area (Å²) in [7, 11) is -1.86. The molecule has 0 saturated heterocycles. The zero-order chi connectivity index (χ0) is 25.6. The molecule has 6 heteroatoms. The van der Waals surface area contributed by atoms with Gasteiger partial charge in [-0.25, -0.2) is 0 Å². The molecule has 1 aromatic rings. The number of hydrogen-bond donors (Lipinski definition) is 1. The molecule has 3 nitrogen and oxygen atoms in total. The van der Waals surface area contributed by atoms with Crippen LogP contribution in [0.2, 0.25) is 43.8 Å². The van der Waals surface area contributed by atoms with Gasteiger partial charge in [0.25, 0.3) is 0 Å². The maximum atomic E-state index is 12.2. The van der Waals surface area contributed by atoms with Gasteiger partial charge in [-0.3, -0.25) is 0 Å². The standard InChI is InChI=1S/C27H47BrO3Si2/c1-19-16-26(5,6)24(27(29,17-19)18-32(8,9)10)14-20-13-23(30-7)21(28)15-22(20)31-33(11,12)25(2,3)4/h13,15,17,24,29H,14,16,18H2,1-12H3. The predicted molar refractivity (Wildman–Crippen MR) is 151 cm³/mol. The molecule has 0 spiro atoms. The zero-order valence-electron chi connectivity index (χ0n) is 23.1. The summed E-state index contributed by atoms with van der Waals surface area (Å²) >= 11 is 3.67. The third kappa shape index (κ3) is 6.77. The third-order valence-corrected chi connectivity index (χ3v) is 14.1. The van der Waals surface area contributed by atoms with Gasteiger partial charge in [-0.15, -0.1) is 0 Å². The van der Waals surface area contributed by atoms with E-state index in [0.717, 1.165) is 40.4 Å². The quantitative estimate of drug-likeness (QED) is 0.271. The minimum atomic E-state index is -2.04. The highest BCUT2D eigenvalue weighted by Crippen LogP contribution is 2.51. The molecule has 188 valence electrons. The van der Waals surface area contributed by atoms with E-state index in [1.54, 1.807) is 7.11 Å². The van der Waals surface area contributed by atoms with Crippen molar-refractivity contribution >= 4 is 32.3 Å². The van der Waals surface area contributed by atoms with Crippen molar-refractivity contribution in [3.8, 4) is 11.5 Å². The van der Waals surface area contributed by atoms with E-state index in [2.05, 4.69) is 108 Å². The summed E-state index contributed by atoms with van der Waals surface area (Å²) in [6.07, 6.45) is 3.93. The van der Waals surface area contributed by atoms with Crippen molar-refractivity contribution < 1.29 is 14.3 Å². The van der Waals surface area contributed by atoms with Crippen molar-refractivity contribution in [2.24, 2.45) is 11.3 Å². The monoisotopic (exact) mass is 554 g/mol. The Labute approximate surface area is 213 Å². The number of benzene rings is 1. The molecule has 1 aromatic carbocycles. The zero-order valence-corrected chi connectivity index (χ0v) is 26.7. The molecule has 2 atom stereocenters. The van der Waals surface area contributed by atoms with Gasteiger partial charge >= 0.3 is 0 Å². The number of methoxy groups -OCH3 is 1. The Kier molecular flexibility index (Phi) is 8.23.